The van der Waals surface area contributed by atoms with Crippen molar-refractivity contribution in [2.24, 2.45) is 10.7 Å². The van der Waals surface area contributed by atoms with Gasteiger partial charge in [0.2, 0.25) is 5.91 Å². The first-order valence-electron chi connectivity index (χ1n) is 12.6. The zero-order valence-corrected chi connectivity index (χ0v) is 22.3. The van der Waals surface area contributed by atoms with Crippen molar-refractivity contribution >= 4 is 17.8 Å². The van der Waals surface area contributed by atoms with Gasteiger partial charge in [-0.1, -0.05) is 18.2 Å². The smallest absolute Gasteiger partial charge is 0.251 e. The summed E-state index contributed by atoms with van der Waals surface area (Å²) in [6.07, 6.45) is 0.182. The molecule has 0 saturated carbocycles. The molecule has 0 fully saturated rings. The minimum Gasteiger partial charge on any atom is -0.490 e. The number of fused-ring (bicyclic) bond motifs is 2. The van der Waals surface area contributed by atoms with Crippen LogP contribution in [0.25, 0.3) is 0 Å². The number of hydrogen-bond acceptors (Lipinski definition) is 8. The van der Waals surface area contributed by atoms with Gasteiger partial charge in [0, 0.05) is 23.8 Å². The Balaban J connectivity index is 1.51. The number of methoxy groups -OCH3 is 1. The van der Waals surface area contributed by atoms with Crippen LogP contribution in [-0.4, -0.2) is 64.8 Å². The second kappa shape index (κ2) is 8.99. The van der Waals surface area contributed by atoms with Crippen LogP contribution >= 0.6 is 0 Å². The van der Waals surface area contributed by atoms with Crippen molar-refractivity contribution in [2.75, 3.05) is 20.3 Å². The number of amides is 2. The molecule has 0 aromatic heterocycles. The highest BCUT2D eigenvalue weighted by Crippen LogP contribution is 2.48. The van der Waals surface area contributed by atoms with Gasteiger partial charge in [0.05, 0.1) is 24.6 Å². The maximum atomic E-state index is 13.5. The Kier molecular flexibility index (Phi) is 6.15. The van der Waals surface area contributed by atoms with Crippen molar-refractivity contribution in [3.05, 3.63) is 59.2 Å². The highest BCUT2D eigenvalue weighted by Gasteiger charge is 2.52. The van der Waals surface area contributed by atoms with Gasteiger partial charge in [-0.2, -0.15) is 0 Å². The molecular weight excluding hydrogens is 488 g/mol. The third-order valence-electron chi connectivity index (χ3n) is 7.34. The number of rotatable bonds is 5. The van der Waals surface area contributed by atoms with Crippen LogP contribution in [-0.2, 0) is 9.53 Å². The fourth-order valence-electron chi connectivity index (χ4n) is 5.64. The van der Waals surface area contributed by atoms with Crippen molar-refractivity contribution in [1.82, 2.24) is 10.2 Å². The molecule has 2 aromatic carbocycles. The first kappa shape index (κ1) is 26.0. The predicted molar refractivity (Wildman–Crippen MR) is 140 cm³/mol. The minimum atomic E-state index is -1.32. The van der Waals surface area contributed by atoms with Gasteiger partial charge in [0.15, 0.2) is 11.6 Å². The van der Waals surface area contributed by atoms with E-state index in [-0.39, 0.29) is 37.4 Å². The number of guanidine groups is 1. The van der Waals surface area contributed by atoms with Crippen molar-refractivity contribution in [3.63, 3.8) is 0 Å². The number of aliphatic hydroxyl groups is 1. The lowest BCUT2D eigenvalue weighted by atomic mass is 9.87. The molecule has 3 aliphatic rings. The molecule has 2 unspecified atom stereocenters. The lowest BCUT2D eigenvalue weighted by Gasteiger charge is -2.41. The van der Waals surface area contributed by atoms with Crippen LogP contribution in [0.3, 0.4) is 0 Å². The third kappa shape index (κ3) is 4.37. The molecule has 4 N–H and O–H groups in total. The second-order valence-electron chi connectivity index (χ2n) is 11.3. The van der Waals surface area contributed by atoms with E-state index in [9.17, 15) is 14.7 Å². The number of nitrogens with two attached hydrogens (primary N) is 1. The molecule has 0 spiro atoms. The van der Waals surface area contributed by atoms with Crippen LogP contribution in [0.5, 0.6) is 11.5 Å². The van der Waals surface area contributed by atoms with E-state index in [4.69, 9.17) is 19.9 Å². The number of carbonyl (C=O) groups excluding carboxylic acids is 2. The highest BCUT2D eigenvalue weighted by atomic mass is 16.5. The van der Waals surface area contributed by atoms with E-state index in [2.05, 4.69) is 10.3 Å². The van der Waals surface area contributed by atoms with Crippen LogP contribution < -0.4 is 20.5 Å². The summed E-state index contributed by atoms with van der Waals surface area (Å²) in [5, 5.41) is 14.0. The molecule has 0 saturated heterocycles. The molecule has 10 nitrogen and oxygen atoms in total. The van der Waals surface area contributed by atoms with Gasteiger partial charge < -0.3 is 30.4 Å². The molecule has 0 bridgehead atoms. The van der Waals surface area contributed by atoms with E-state index in [0.717, 1.165) is 0 Å². The number of ether oxygens (including phenoxy) is 3. The van der Waals surface area contributed by atoms with Crippen molar-refractivity contribution < 1.29 is 28.9 Å². The summed E-state index contributed by atoms with van der Waals surface area (Å²) in [6, 6.07) is 11.0. The van der Waals surface area contributed by atoms with Crippen LogP contribution in [0, 0.1) is 0 Å². The summed E-state index contributed by atoms with van der Waals surface area (Å²) in [5.41, 5.74) is 5.10. The summed E-state index contributed by atoms with van der Waals surface area (Å²) in [6.45, 7) is 7.40. The van der Waals surface area contributed by atoms with Crippen molar-refractivity contribution in [3.8, 4) is 11.5 Å². The average molecular weight is 523 g/mol. The molecular formula is C28H34N4O6. The molecule has 3 aliphatic heterocycles. The third-order valence-corrected chi connectivity index (χ3v) is 7.34. The Hall–Kier alpha value is -3.63. The van der Waals surface area contributed by atoms with Crippen LogP contribution in [0.1, 0.15) is 67.7 Å². The van der Waals surface area contributed by atoms with E-state index >= 15 is 0 Å². The standard InChI is InChI=1S/C28H34N4O6/c1-26(2)13-21(33)32(25(29)31-26)23-18-12-16(10-11-20(18)38-28(23,4)15-36-5)24(34)30-22-17-8-6-7-9-19(17)37-14-27(22,3)35/h6-12,22-23,35H,13-15H2,1-5H3,(H2,29,31)(H,30,34)/t22-,23?,27-,28?/m1/s1. The molecule has 2 aromatic rings. The molecule has 0 aliphatic carbocycles. The Morgan fingerprint density at radius 2 is 1.92 bits per heavy atom. The zero-order chi connectivity index (χ0) is 27.5. The van der Waals surface area contributed by atoms with Gasteiger partial charge in [-0.15, -0.1) is 0 Å². The predicted octanol–water partition coefficient (Wildman–Crippen LogP) is 2.47. The molecule has 3 heterocycles. The molecule has 5 rings (SSSR count). The van der Waals surface area contributed by atoms with Gasteiger partial charge in [-0.3, -0.25) is 14.5 Å². The Labute approximate surface area is 221 Å². The van der Waals surface area contributed by atoms with Gasteiger partial charge >= 0.3 is 0 Å². The first-order valence-corrected chi connectivity index (χ1v) is 12.6. The van der Waals surface area contributed by atoms with Gasteiger partial charge in [0.25, 0.3) is 5.91 Å². The van der Waals surface area contributed by atoms with E-state index in [0.29, 0.717) is 28.2 Å². The molecule has 38 heavy (non-hydrogen) atoms. The Bertz CT molecular complexity index is 1320. The maximum absolute atomic E-state index is 13.5. The summed E-state index contributed by atoms with van der Waals surface area (Å²) >= 11 is 0. The number of benzene rings is 2. The summed E-state index contributed by atoms with van der Waals surface area (Å²) in [4.78, 5) is 32.9. The fourth-order valence-corrected chi connectivity index (χ4v) is 5.64. The molecule has 2 amide bonds. The number of nitrogens with zero attached hydrogens (tertiary/aromatic N) is 2. The Morgan fingerprint density at radius 1 is 1.18 bits per heavy atom. The molecule has 0 radical (unpaired) electrons. The second-order valence-corrected chi connectivity index (χ2v) is 11.3. The summed E-state index contributed by atoms with van der Waals surface area (Å²) in [7, 11) is 1.56. The summed E-state index contributed by atoms with van der Waals surface area (Å²) in [5.74, 6) is 0.667. The first-order chi connectivity index (χ1) is 17.8. The quantitative estimate of drug-likeness (QED) is 0.549. The maximum Gasteiger partial charge on any atom is 0.251 e. The van der Waals surface area contributed by atoms with Gasteiger partial charge in [-0.25, -0.2) is 4.99 Å². The fraction of sp³-hybridized carbons (Fsp3) is 0.464. The lowest BCUT2D eigenvalue weighted by Crippen LogP contribution is -2.57. The number of carbonyl (C=O) groups is 2. The van der Waals surface area contributed by atoms with Crippen molar-refractivity contribution in [1.29, 1.82) is 0 Å². The van der Waals surface area contributed by atoms with E-state index in [1.807, 2.05) is 39.0 Å². The lowest BCUT2D eigenvalue weighted by molar-refractivity contribution is -0.135. The zero-order valence-electron chi connectivity index (χ0n) is 22.3. The monoisotopic (exact) mass is 522 g/mol. The van der Waals surface area contributed by atoms with Gasteiger partial charge in [0.1, 0.15) is 29.7 Å². The molecule has 202 valence electrons. The number of para-hydroxylation sites is 1. The number of aliphatic imine (C=N–C) groups is 1. The summed E-state index contributed by atoms with van der Waals surface area (Å²) < 4.78 is 17.4. The van der Waals surface area contributed by atoms with Crippen molar-refractivity contribution in [2.45, 2.75) is 62.9 Å². The highest BCUT2D eigenvalue weighted by molar-refractivity contribution is 6.00. The SMILES string of the molecule is COCC1(C)Oc2ccc(C(=O)N[C@@H]3c4ccccc4OC[C@@]3(C)O)cc2C1N1C(=O)CC(C)(C)N=C1N. The largest absolute Gasteiger partial charge is 0.490 e. The topological polar surface area (TPSA) is 136 Å². The number of hydrogen-bond donors (Lipinski definition) is 3. The van der Waals surface area contributed by atoms with Crippen LogP contribution in [0.4, 0.5) is 0 Å². The normalized spacial score (nSPS) is 29.5. The van der Waals surface area contributed by atoms with E-state index in [1.54, 1.807) is 38.3 Å². The van der Waals surface area contributed by atoms with E-state index < -0.39 is 28.8 Å². The average Bonchev–Trinajstić information content (AvgIpc) is 3.11. The van der Waals surface area contributed by atoms with Crippen LogP contribution in [0.2, 0.25) is 0 Å². The van der Waals surface area contributed by atoms with Crippen LogP contribution in [0.15, 0.2) is 47.5 Å². The number of nitrogens with one attached hydrogen (secondary N) is 1. The Morgan fingerprint density at radius 3 is 2.63 bits per heavy atom. The van der Waals surface area contributed by atoms with Gasteiger partial charge in [-0.05, 0) is 52.0 Å². The van der Waals surface area contributed by atoms with E-state index in [1.165, 1.54) is 4.90 Å². The molecule has 4 atom stereocenters. The molecule has 10 heteroatoms. The minimum absolute atomic E-state index is 0.0382.